The first-order chi connectivity index (χ1) is 11.1. The number of nitrogens with one attached hydrogen (secondary N) is 1. The number of rotatable bonds is 6. The van der Waals surface area contributed by atoms with Gasteiger partial charge in [-0.15, -0.1) is 12.4 Å². The highest BCUT2D eigenvalue weighted by Gasteiger charge is 2.15. The molecule has 0 radical (unpaired) electrons. The van der Waals surface area contributed by atoms with E-state index in [4.69, 9.17) is 15.2 Å². The fourth-order valence-corrected chi connectivity index (χ4v) is 2.34. The van der Waals surface area contributed by atoms with Crippen LogP contribution in [0.3, 0.4) is 0 Å². The highest BCUT2D eigenvalue weighted by atomic mass is 35.5. The molecule has 2 rings (SSSR count). The molecule has 1 unspecified atom stereocenters. The van der Waals surface area contributed by atoms with Crippen LogP contribution in [0.4, 0.5) is 0 Å². The van der Waals surface area contributed by atoms with Gasteiger partial charge in [-0.05, 0) is 30.2 Å². The van der Waals surface area contributed by atoms with Gasteiger partial charge >= 0.3 is 0 Å². The van der Waals surface area contributed by atoms with Gasteiger partial charge in [0.2, 0.25) is 0 Å². The third kappa shape index (κ3) is 4.63. The quantitative estimate of drug-likeness (QED) is 0.840. The Morgan fingerprint density at radius 1 is 1.12 bits per heavy atom. The molecule has 2 aromatic carbocycles. The van der Waals surface area contributed by atoms with Crippen molar-refractivity contribution in [2.75, 3.05) is 20.8 Å². The summed E-state index contributed by atoms with van der Waals surface area (Å²) in [4.78, 5) is 12.4. The Kier molecular flexibility index (Phi) is 7.55. The van der Waals surface area contributed by atoms with Gasteiger partial charge in [0.25, 0.3) is 5.91 Å². The number of halogens is 1. The molecule has 0 aliphatic rings. The van der Waals surface area contributed by atoms with Gasteiger partial charge in [0.05, 0.1) is 14.2 Å². The highest BCUT2D eigenvalue weighted by Crippen LogP contribution is 2.30. The molecule has 2 aromatic rings. The third-order valence-corrected chi connectivity index (χ3v) is 3.69. The number of nitrogens with two attached hydrogens (primary N) is 1. The summed E-state index contributed by atoms with van der Waals surface area (Å²) in [5, 5.41) is 2.87. The van der Waals surface area contributed by atoms with Gasteiger partial charge in [-0.2, -0.15) is 0 Å². The lowest BCUT2D eigenvalue weighted by Crippen LogP contribution is -2.32. The second-order valence-corrected chi connectivity index (χ2v) is 5.25. The summed E-state index contributed by atoms with van der Waals surface area (Å²) >= 11 is 0. The van der Waals surface area contributed by atoms with Crippen LogP contribution in [-0.2, 0) is 0 Å². The molecule has 0 aromatic heterocycles. The Bertz CT molecular complexity index is 677. The molecular formula is C18H23ClN2O3. The molecule has 0 bridgehead atoms. The predicted octanol–water partition coefficient (Wildman–Crippen LogP) is 2.86. The van der Waals surface area contributed by atoms with Crippen molar-refractivity contribution in [3.05, 3.63) is 59.2 Å². The second-order valence-electron chi connectivity index (χ2n) is 5.25. The van der Waals surface area contributed by atoms with Crippen LogP contribution in [0.5, 0.6) is 11.5 Å². The lowest BCUT2D eigenvalue weighted by Gasteiger charge is -2.15. The van der Waals surface area contributed by atoms with E-state index in [9.17, 15) is 4.79 Å². The normalized spacial score (nSPS) is 11.2. The van der Waals surface area contributed by atoms with Crippen LogP contribution in [0.25, 0.3) is 0 Å². The fourth-order valence-electron chi connectivity index (χ4n) is 2.34. The number of methoxy groups -OCH3 is 2. The maximum Gasteiger partial charge on any atom is 0.251 e. The van der Waals surface area contributed by atoms with E-state index < -0.39 is 0 Å². The largest absolute Gasteiger partial charge is 0.493 e. The SMILES string of the molecule is COc1cc(C)c(C(=O)NCC(N)c2ccccc2)cc1OC.Cl. The van der Waals surface area contributed by atoms with Crippen molar-refractivity contribution < 1.29 is 14.3 Å². The molecule has 0 saturated carbocycles. The summed E-state index contributed by atoms with van der Waals surface area (Å²) in [6.07, 6.45) is 0. The predicted molar refractivity (Wildman–Crippen MR) is 97.2 cm³/mol. The summed E-state index contributed by atoms with van der Waals surface area (Å²) in [6, 6.07) is 12.9. The molecule has 0 heterocycles. The number of ether oxygens (including phenoxy) is 2. The molecular weight excluding hydrogens is 328 g/mol. The van der Waals surface area contributed by atoms with Gasteiger partial charge in [0.1, 0.15) is 0 Å². The first-order valence-electron chi connectivity index (χ1n) is 7.38. The number of hydrogen-bond acceptors (Lipinski definition) is 4. The van der Waals surface area contributed by atoms with E-state index >= 15 is 0 Å². The maximum atomic E-state index is 12.4. The van der Waals surface area contributed by atoms with E-state index in [-0.39, 0.29) is 24.4 Å². The van der Waals surface area contributed by atoms with E-state index in [2.05, 4.69) is 5.32 Å². The third-order valence-electron chi connectivity index (χ3n) is 3.69. The number of carbonyl (C=O) groups excluding carboxylic acids is 1. The molecule has 0 aliphatic carbocycles. The van der Waals surface area contributed by atoms with Crippen molar-refractivity contribution >= 4 is 18.3 Å². The standard InChI is InChI=1S/C18H22N2O3.ClH/c1-12-9-16(22-2)17(23-3)10-14(12)18(21)20-11-15(19)13-7-5-4-6-8-13;/h4-10,15H,11,19H2,1-3H3,(H,20,21);1H. The van der Waals surface area contributed by atoms with Crippen molar-refractivity contribution in [2.45, 2.75) is 13.0 Å². The second kappa shape index (κ2) is 9.15. The Hall–Kier alpha value is -2.24. The van der Waals surface area contributed by atoms with Gasteiger partial charge in [-0.25, -0.2) is 0 Å². The zero-order valence-electron chi connectivity index (χ0n) is 14.0. The molecule has 0 aliphatic heterocycles. The summed E-state index contributed by atoms with van der Waals surface area (Å²) in [5.41, 5.74) is 8.44. The zero-order chi connectivity index (χ0) is 16.8. The van der Waals surface area contributed by atoms with E-state index in [1.165, 1.54) is 0 Å². The van der Waals surface area contributed by atoms with Crippen LogP contribution in [0, 0.1) is 6.92 Å². The Morgan fingerprint density at radius 2 is 1.71 bits per heavy atom. The van der Waals surface area contributed by atoms with E-state index in [1.54, 1.807) is 26.4 Å². The summed E-state index contributed by atoms with van der Waals surface area (Å²) in [5.74, 6) is 0.938. The number of hydrogen-bond donors (Lipinski definition) is 2. The molecule has 130 valence electrons. The van der Waals surface area contributed by atoms with Gasteiger partial charge in [-0.3, -0.25) is 4.79 Å². The van der Waals surface area contributed by atoms with Crippen molar-refractivity contribution in [2.24, 2.45) is 5.73 Å². The molecule has 0 spiro atoms. The maximum absolute atomic E-state index is 12.4. The minimum Gasteiger partial charge on any atom is -0.493 e. The van der Waals surface area contributed by atoms with E-state index in [1.807, 2.05) is 37.3 Å². The van der Waals surface area contributed by atoms with Crippen molar-refractivity contribution in [3.8, 4) is 11.5 Å². The Morgan fingerprint density at radius 3 is 2.29 bits per heavy atom. The number of amides is 1. The first-order valence-corrected chi connectivity index (χ1v) is 7.38. The molecule has 6 heteroatoms. The van der Waals surface area contributed by atoms with Crippen LogP contribution < -0.4 is 20.5 Å². The number of benzene rings is 2. The average Bonchev–Trinajstić information content (AvgIpc) is 2.59. The van der Waals surface area contributed by atoms with Crippen molar-refractivity contribution in [3.63, 3.8) is 0 Å². The van der Waals surface area contributed by atoms with Gasteiger partial charge in [0, 0.05) is 18.2 Å². The molecule has 0 fully saturated rings. The smallest absolute Gasteiger partial charge is 0.251 e. The van der Waals surface area contributed by atoms with Crippen molar-refractivity contribution in [1.29, 1.82) is 0 Å². The molecule has 0 saturated heterocycles. The van der Waals surface area contributed by atoms with Crippen LogP contribution in [0.1, 0.15) is 27.5 Å². The number of aryl methyl sites for hydroxylation is 1. The zero-order valence-corrected chi connectivity index (χ0v) is 14.9. The van der Waals surface area contributed by atoms with Crippen LogP contribution in [0.2, 0.25) is 0 Å². The van der Waals surface area contributed by atoms with Crippen LogP contribution in [-0.4, -0.2) is 26.7 Å². The van der Waals surface area contributed by atoms with E-state index in [0.29, 0.717) is 23.6 Å². The lowest BCUT2D eigenvalue weighted by molar-refractivity contribution is 0.0950. The summed E-state index contributed by atoms with van der Waals surface area (Å²) < 4.78 is 10.5. The average molecular weight is 351 g/mol. The van der Waals surface area contributed by atoms with E-state index in [0.717, 1.165) is 11.1 Å². The molecule has 1 atom stereocenters. The monoisotopic (exact) mass is 350 g/mol. The van der Waals surface area contributed by atoms with Crippen molar-refractivity contribution in [1.82, 2.24) is 5.32 Å². The first kappa shape index (κ1) is 19.8. The van der Waals surface area contributed by atoms with Crippen LogP contribution in [0.15, 0.2) is 42.5 Å². The topological polar surface area (TPSA) is 73.6 Å². The minimum absolute atomic E-state index is 0. The van der Waals surface area contributed by atoms with Gasteiger partial charge in [0.15, 0.2) is 11.5 Å². The molecule has 3 N–H and O–H groups in total. The minimum atomic E-state index is -0.249. The van der Waals surface area contributed by atoms with Gasteiger partial charge in [-0.1, -0.05) is 30.3 Å². The van der Waals surface area contributed by atoms with Gasteiger partial charge < -0.3 is 20.5 Å². The molecule has 5 nitrogen and oxygen atoms in total. The fraction of sp³-hybridized carbons (Fsp3) is 0.278. The Balaban J connectivity index is 0.00000288. The highest BCUT2D eigenvalue weighted by molar-refractivity contribution is 5.96. The molecule has 1 amide bonds. The number of carbonyl (C=O) groups is 1. The van der Waals surface area contributed by atoms with Crippen LogP contribution >= 0.6 is 12.4 Å². The summed E-state index contributed by atoms with van der Waals surface area (Å²) in [7, 11) is 3.11. The molecule has 24 heavy (non-hydrogen) atoms. The Labute approximate surface area is 148 Å². The lowest BCUT2D eigenvalue weighted by atomic mass is 10.1. The summed E-state index contributed by atoms with van der Waals surface area (Å²) in [6.45, 7) is 2.21.